The highest BCUT2D eigenvalue weighted by molar-refractivity contribution is 9.09. The molecular formula is C17H25BrO5S. The minimum atomic E-state index is -4.22. The lowest BCUT2D eigenvalue weighted by Crippen LogP contribution is -2.07. The fraction of sp³-hybridized carbons (Fsp3) is 0.588. The molecule has 24 heavy (non-hydrogen) atoms. The lowest BCUT2D eigenvalue weighted by molar-refractivity contribution is -0.134. The van der Waals surface area contributed by atoms with Gasteiger partial charge in [-0.15, -0.1) is 0 Å². The highest BCUT2D eigenvalue weighted by Gasteiger charge is 2.10. The number of carbonyl (C=O) groups excluding carboxylic acids is 1. The van der Waals surface area contributed by atoms with Crippen LogP contribution in [0.1, 0.15) is 57.8 Å². The second-order valence-electron chi connectivity index (χ2n) is 5.69. The summed E-state index contributed by atoms with van der Waals surface area (Å²) in [5, 5.41) is 1.08. The molecule has 0 spiro atoms. The summed E-state index contributed by atoms with van der Waals surface area (Å²) in [7, 11) is -4.22. The first kappa shape index (κ1) is 21.1. The van der Waals surface area contributed by atoms with Crippen molar-refractivity contribution in [2.75, 3.05) is 5.33 Å². The zero-order chi connectivity index (χ0) is 17.8. The van der Waals surface area contributed by atoms with Crippen LogP contribution < -0.4 is 4.74 Å². The molecule has 0 aliphatic rings. The van der Waals surface area contributed by atoms with Crippen LogP contribution in [0.4, 0.5) is 0 Å². The van der Waals surface area contributed by atoms with Gasteiger partial charge in [-0.25, -0.2) is 0 Å². The molecule has 0 aliphatic carbocycles. The molecule has 0 aromatic heterocycles. The first-order chi connectivity index (χ1) is 11.4. The van der Waals surface area contributed by atoms with Crippen LogP contribution >= 0.6 is 15.9 Å². The Morgan fingerprint density at radius 2 is 1.42 bits per heavy atom. The molecule has 1 aromatic carbocycles. The van der Waals surface area contributed by atoms with E-state index in [4.69, 9.17) is 9.29 Å². The van der Waals surface area contributed by atoms with Gasteiger partial charge in [0, 0.05) is 11.8 Å². The fourth-order valence-corrected chi connectivity index (χ4v) is 3.16. The van der Waals surface area contributed by atoms with Crippen molar-refractivity contribution in [1.82, 2.24) is 0 Å². The number of hydrogen-bond acceptors (Lipinski definition) is 4. The summed E-state index contributed by atoms with van der Waals surface area (Å²) in [5.74, 6) is -0.0499. The van der Waals surface area contributed by atoms with E-state index in [-0.39, 0.29) is 16.6 Å². The number of unbranched alkanes of at least 4 members (excludes halogenated alkanes) is 7. The third kappa shape index (κ3) is 9.39. The summed E-state index contributed by atoms with van der Waals surface area (Å²) in [5.41, 5.74) is 0. The van der Waals surface area contributed by atoms with Crippen LogP contribution in [0.3, 0.4) is 0 Å². The Balaban J connectivity index is 2.14. The topological polar surface area (TPSA) is 80.7 Å². The van der Waals surface area contributed by atoms with Crippen LogP contribution in [-0.2, 0) is 14.9 Å². The molecule has 0 bridgehead atoms. The van der Waals surface area contributed by atoms with Crippen LogP contribution in [0, 0.1) is 0 Å². The second kappa shape index (κ2) is 11.6. The maximum atomic E-state index is 11.7. The molecule has 1 aromatic rings. The number of esters is 1. The molecule has 0 unspecified atom stereocenters. The van der Waals surface area contributed by atoms with Gasteiger partial charge in [-0.05, 0) is 37.1 Å². The molecule has 0 atom stereocenters. The summed E-state index contributed by atoms with van der Waals surface area (Å²) in [6, 6.07) is 5.11. The molecule has 7 heteroatoms. The molecule has 0 saturated carbocycles. The number of halogens is 1. The Morgan fingerprint density at radius 1 is 0.917 bits per heavy atom. The monoisotopic (exact) mass is 420 g/mol. The third-order valence-corrected chi connectivity index (χ3v) is 5.05. The maximum Gasteiger partial charge on any atom is 0.311 e. The van der Waals surface area contributed by atoms with Crippen LogP contribution in [0.25, 0.3) is 0 Å². The van der Waals surface area contributed by atoms with Crippen molar-refractivity contribution in [3.8, 4) is 5.75 Å². The molecule has 1 N–H and O–H groups in total. The number of hydrogen-bond donors (Lipinski definition) is 1. The van der Waals surface area contributed by atoms with E-state index in [0.717, 1.165) is 24.6 Å². The van der Waals surface area contributed by atoms with E-state index in [9.17, 15) is 13.2 Å². The lowest BCUT2D eigenvalue weighted by Gasteiger charge is -2.05. The second-order valence-corrected chi connectivity index (χ2v) is 7.90. The standard InChI is InChI=1S/C17H25BrO5S/c18-14-8-6-4-2-1-3-5-7-9-17(19)23-15-10-12-16(13-11-15)24(20,21)22/h10-13H,1-9,14H2,(H,20,21,22). The normalized spacial score (nSPS) is 11.4. The summed E-state index contributed by atoms with van der Waals surface area (Å²) in [4.78, 5) is 11.5. The predicted octanol–water partition coefficient (Wildman–Crippen LogP) is 4.74. The van der Waals surface area contributed by atoms with E-state index >= 15 is 0 Å². The highest BCUT2D eigenvalue weighted by Crippen LogP contribution is 2.17. The lowest BCUT2D eigenvalue weighted by atomic mass is 10.1. The van der Waals surface area contributed by atoms with Crippen LogP contribution in [0.15, 0.2) is 29.2 Å². The summed E-state index contributed by atoms with van der Waals surface area (Å²) in [6.07, 6.45) is 9.51. The van der Waals surface area contributed by atoms with Crippen molar-refractivity contribution in [2.24, 2.45) is 0 Å². The Labute approximate surface area is 152 Å². The number of ether oxygens (including phenoxy) is 1. The van der Waals surface area contributed by atoms with Crippen molar-refractivity contribution >= 4 is 32.0 Å². The molecule has 0 fully saturated rings. The maximum absolute atomic E-state index is 11.7. The minimum absolute atomic E-state index is 0.224. The number of rotatable bonds is 12. The van der Waals surface area contributed by atoms with Gasteiger partial charge in [-0.1, -0.05) is 54.5 Å². The number of carbonyl (C=O) groups is 1. The summed E-state index contributed by atoms with van der Waals surface area (Å²) in [6.45, 7) is 0. The molecule has 0 radical (unpaired) electrons. The van der Waals surface area contributed by atoms with Crippen molar-refractivity contribution in [3.05, 3.63) is 24.3 Å². The van der Waals surface area contributed by atoms with Gasteiger partial charge < -0.3 is 4.74 Å². The molecule has 5 nitrogen and oxygen atoms in total. The summed E-state index contributed by atoms with van der Waals surface area (Å²) >= 11 is 3.42. The zero-order valence-corrected chi connectivity index (χ0v) is 16.1. The van der Waals surface area contributed by atoms with Gasteiger partial charge in [0.05, 0.1) is 4.90 Å². The molecule has 0 heterocycles. The largest absolute Gasteiger partial charge is 0.427 e. The molecule has 0 saturated heterocycles. The Bertz CT molecular complexity index is 584. The van der Waals surface area contributed by atoms with Crippen LogP contribution in [-0.4, -0.2) is 24.3 Å². The third-order valence-electron chi connectivity index (χ3n) is 3.62. The van der Waals surface area contributed by atoms with Gasteiger partial charge in [0.2, 0.25) is 0 Å². The SMILES string of the molecule is O=C(CCCCCCCCCCBr)Oc1ccc(S(=O)(=O)O)cc1. The van der Waals surface area contributed by atoms with E-state index in [1.807, 2.05) is 0 Å². The van der Waals surface area contributed by atoms with Gasteiger partial charge in [0.1, 0.15) is 5.75 Å². The van der Waals surface area contributed by atoms with E-state index in [1.54, 1.807) is 0 Å². The van der Waals surface area contributed by atoms with Crippen LogP contribution in [0.5, 0.6) is 5.75 Å². The zero-order valence-electron chi connectivity index (χ0n) is 13.7. The molecule has 0 amide bonds. The van der Waals surface area contributed by atoms with Gasteiger partial charge in [-0.3, -0.25) is 9.35 Å². The molecular weight excluding hydrogens is 396 g/mol. The quantitative estimate of drug-likeness (QED) is 0.173. The Morgan fingerprint density at radius 3 is 1.92 bits per heavy atom. The van der Waals surface area contributed by atoms with Gasteiger partial charge in [0.25, 0.3) is 10.1 Å². The van der Waals surface area contributed by atoms with Gasteiger partial charge >= 0.3 is 5.97 Å². The first-order valence-electron chi connectivity index (χ1n) is 8.27. The van der Waals surface area contributed by atoms with Crippen molar-refractivity contribution in [3.63, 3.8) is 0 Å². The van der Waals surface area contributed by atoms with E-state index in [1.165, 1.54) is 56.4 Å². The average molecular weight is 421 g/mol. The van der Waals surface area contributed by atoms with Crippen LogP contribution in [0.2, 0.25) is 0 Å². The molecule has 1 rings (SSSR count). The Kier molecular flexibility index (Phi) is 10.2. The van der Waals surface area contributed by atoms with E-state index in [2.05, 4.69) is 15.9 Å². The molecule has 0 aliphatic heterocycles. The molecule has 136 valence electrons. The highest BCUT2D eigenvalue weighted by atomic mass is 79.9. The van der Waals surface area contributed by atoms with Gasteiger partial charge in [0.15, 0.2) is 0 Å². The predicted molar refractivity (Wildman–Crippen MR) is 97.2 cm³/mol. The van der Waals surface area contributed by atoms with Crippen molar-refractivity contribution < 1.29 is 22.5 Å². The van der Waals surface area contributed by atoms with E-state index < -0.39 is 10.1 Å². The first-order valence-corrected chi connectivity index (χ1v) is 10.8. The average Bonchev–Trinajstić information content (AvgIpc) is 2.53. The van der Waals surface area contributed by atoms with Crippen molar-refractivity contribution in [1.29, 1.82) is 0 Å². The summed E-state index contributed by atoms with van der Waals surface area (Å²) < 4.78 is 35.8. The smallest absolute Gasteiger partial charge is 0.311 e. The van der Waals surface area contributed by atoms with E-state index in [0.29, 0.717) is 6.42 Å². The Hall–Kier alpha value is -0.920. The number of alkyl halides is 1. The minimum Gasteiger partial charge on any atom is -0.427 e. The van der Waals surface area contributed by atoms with Gasteiger partial charge in [-0.2, -0.15) is 8.42 Å². The fourth-order valence-electron chi connectivity index (χ4n) is 2.29. The van der Waals surface area contributed by atoms with Crippen molar-refractivity contribution in [2.45, 2.75) is 62.7 Å². The number of benzene rings is 1.